The van der Waals surface area contributed by atoms with Crippen molar-refractivity contribution in [2.45, 2.75) is 0 Å². The van der Waals surface area contributed by atoms with Crippen LogP contribution >= 0.6 is 0 Å². The summed E-state index contributed by atoms with van der Waals surface area (Å²) in [4.78, 5) is 4.11. The fourth-order valence-corrected chi connectivity index (χ4v) is 1.43. The van der Waals surface area contributed by atoms with Gasteiger partial charge in [-0.2, -0.15) is 5.26 Å². The minimum atomic E-state index is -0.285. The lowest BCUT2D eigenvalue weighted by molar-refractivity contribution is 1.25. The normalized spacial score (nSPS) is 9.80. The number of aromatic nitrogens is 1. The maximum absolute atomic E-state index is 8.82. The van der Waals surface area contributed by atoms with E-state index in [1.54, 1.807) is 12.1 Å². The second-order valence-electron chi connectivity index (χ2n) is 3.07. The number of H-pyrrole nitrogens is 1. The number of nitrogens with zero attached hydrogens (tertiary/aromatic N) is 2. The summed E-state index contributed by atoms with van der Waals surface area (Å²) in [6.45, 7) is 0. The lowest BCUT2D eigenvalue weighted by atomic mass is 10.2. The molecule has 2 aromatic rings. The first-order valence-corrected chi connectivity index (χ1v) is 4.33. The zero-order valence-electron chi connectivity index (χ0n) is 7.86. The number of hydrogen-bond acceptors (Lipinski definition) is 2. The highest BCUT2D eigenvalue weighted by molar-refractivity contribution is 5.97. The van der Waals surface area contributed by atoms with E-state index < -0.39 is 0 Å². The van der Waals surface area contributed by atoms with E-state index in [1.165, 1.54) is 0 Å². The Hall–Kier alpha value is -2.48. The van der Waals surface area contributed by atoms with E-state index in [2.05, 4.69) is 4.98 Å². The number of aromatic amines is 1. The number of guanidine groups is 1. The summed E-state index contributed by atoms with van der Waals surface area (Å²) in [6, 6.07) is 7.28. The summed E-state index contributed by atoms with van der Waals surface area (Å²) in [5.74, 6) is -0.285. The highest BCUT2D eigenvalue weighted by atomic mass is 15.2. The van der Waals surface area contributed by atoms with Crippen LogP contribution in [0.3, 0.4) is 0 Å². The van der Waals surface area contributed by atoms with E-state index in [4.69, 9.17) is 16.4 Å². The van der Waals surface area contributed by atoms with Crippen LogP contribution in [0.4, 0.5) is 5.69 Å². The van der Waals surface area contributed by atoms with Gasteiger partial charge in [-0.1, -0.05) is 0 Å². The smallest absolute Gasteiger partial charge is 0.206 e. The molecule has 74 valence electrons. The molecule has 0 unspecified atom stereocenters. The van der Waals surface area contributed by atoms with Gasteiger partial charge in [-0.25, -0.2) is 4.90 Å². The minimum absolute atomic E-state index is 0.285. The Morgan fingerprint density at radius 1 is 1.47 bits per heavy atom. The van der Waals surface area contributed by atoms with Crippen molar-refractivity contribution in [1.29, 1.82) is 10.7 Å². The first-order valence-electron chi connectivity index (χ1n) is 4.33. The zero-order chi connectivity index (χ0) is 10.8. The number of nitriles is 1. The van der Waals surface area contributed by atoms with Crippen molar-refractivity contribution in [3.8, 4) is 6.19 Å². The molecule has 0 fully saturated rings. The van der Waals surface area contributed by atoms with Gasteiger partial charge in [-0.3, -0.25) is 5.41 Å². The Morgan fingerprint density at radius 3 is 2.93 bits per heavy atom. The highest BCUT2D eigenvalue weighted by Crippen LogP contribution is 2.20. The molecule has 2 rings (SSSR count). The fourth-order valence-electron chi connectivity index (χ4n) is 1.43. The van der Waals surface area contributed by atoms with E-state index in [0.29, 0.717) is 5.69 Å². The number of nitrogens with one attached hydrogen (secondary N) is 2. The predicted octanol–water partition coefficient (Wildman–Crippen LogP) is 1.35. The third-order valence-electron chi connectivity index (χ3n) is 2.14. The molecule has 0 saturated carbocycles. The number of benzene rings is 1. The molecule has 0 spiro atoms. The van der Waals surface area contributed by atoms with Gasteiger partial charge in [0.1, 0.15) is 0 Å². The molecule has 0 saturated heterocycles. The molecule has 0 bridgehead atoms. The third-order valence-corrected chi connectivity index (χ3v) is 2.14. The number of nitrogens with two attached hydrogens (primary N) is 1. The molecule has 1 heterocycles. The standard InChI is InChI=1S/C10H9N5/c11-6-15(10(12)13)8-1-2-9-7(5-8)3-4-14-9/h1-5,14H,(H3,12,13). The van der Waals surface area contributed by atoms with Crippen molar-refractivity contribution in [2.24, 2.45) is 5.73 Å². The second kappa shape index (κ2) is 3.35. The van der Waals surface area contributed by atoms with Crippen molar-refractivity contribution < 1.29 is 0 Å². The molecule has 1 aromatic carbocycles. The Bertz CT molecular complexity index is 548. The number of anilines is 1. The first-order chi connectivity index (χ1) is 7.22. The molecule has 0 radical (unpaired) electrons. The van der Waals surface area contributed by atoms with Crippen LogP contribution in [-0.4, -0.2) is 10.9 Å². The summed E-state index contributed by atoms with van der Waals surface area (Å²) >= 11 is 0. The first kappa shape index (κ1) is 9.09. The fraction of sp³-hybridized carbons (Fsp3) is 0. The van der Waals surface area contributed by atoms with Gasteiger partial charge in [-0.05, 0) is 24.3 Å². The van der Waals surface area contributed by atoms with Crippen LogP contribution in [-0.2, 0) is 0 Å². The van der Waals surface area contributed by atoms with Gasteiger partial charge in [0, 0.05) is 17.1 Å². The van der Waals surface area contributed by atoms with Crippen molar-refractivity contribution in [2.75, 3.05) is 4.90 Å². The average molecular weight is 199 g/mol. The van der Waals surface area contributed by atoms with Gasteiger partial charge in [0.25, 0.3) is 0 Å². The summed E-state index contributed by atoms with van der Waals surface area (Å²) in [5.41, 5.74) is 6.86. The molecule has 0 amide bonds. The van der Waals surface area contributed by atoms with Crippen LogP contribution in [0.2, 0.25) is 0 Å². The molecule has 0 aliphatic heterocycles. The zero-order valence-corrected chi connectivity index (χ0v) is 7.86. The Morgan fingerprint density at radius 2 is 2.27 bits per heavy atom. The number of hydrogen-bond donors (Lipinski definition) is 3. The van der Waals surface area contributed by atoms with Gasteiger partial charge in [0.15, 0.2) is 6.19 Å². The third kappa shape index (κ3) is 1.48. The second-order valence-corrected chi connectivity index (χ2v) is 3.07. The maximum atomic E-state index is 8.82. The SMILES string of the molecule is N#CN(C(=N)N)c1ccc2[nH]ccc2c1. The van der Waals surface area contributed by atoms with E-state index in [0.717, 1.165) is 15.8 Å². The highest BCUT2D eigenvalue weighted by Gasteiger charge is 2.08. The van der Waals surface area contributed by atoms with E-state index in [-0.39, 0.29) is 5.96 Å². The molecule has 5 heteroatoms. The summed E-state index contributed by atoms with van der Waals surface area (Å²) < 4.78 is 0. The molecule has 1 aromatic heterocycles. The van der Waals surface area contributed by atoms with Crippen LogP contribution in [0.5, 0.6) is 0 Å². The number of fused-ring (bicyclic) bond motifs is 1. The van der Waals surface area contributed by atoms with Crippen LogP contribution in [0.15, 0.2) is 30.5 Å². The van der Waals surface area contributed by atoms with Crippen LogP contribution in [0.1, 0.15) is 0 Å². The number of rotatable bonds is 1. The van der Waals surface area contributed by atoms with Crippen LogP contribution < -0.4 is 10.6 Å². The average Bonchev–Trinajstić information content (AvgIpc) is 2.65. The summed E-state index contributed by atoms with van der Waals surface area (Å²) in [5, 5.41) is 17.0. The van der Waals surface area contributed by atoms with Crippen molar-refractivity contribution in [1.82, 2.24) is 4.98 Å². The van der Waals surface area contributed by atoms with Crippen LogP contribution in [0, 0.1) is 16.9 Å². The topological polar surface area (TPSA) is 92.7 Å². The molecule has 15 heavy (non-hydrogen) atoms. The lowest BCUT2D eigenvalue weighted by Gasteiger charge is -2.12. The minimum Gasteiger partial charge on any atom is -0.369 e. The molecule has 0 aliphatic rings. The Kier molecular flexibility index (Phi) is 2.03. The summed E-state index contributed by atoms with van der Waals surface area (Å²) in [7, 11) is 0. The summed E-state index contributed by atoms with van der Waals surface area (Å²) in [6.07, 6.45) is 3.67. The molecular weight excluding hydrogens is 190 g/mol. The Labute approximate surface area is 86.2 Å². The van der Waals surface area contributed by atoms with Gasteiger partial charge in [-0.15, -0.1) is 0 Å². The maximum Gasteiger partial charge on any atom is 0.206 e. The Balaban J connectivity index is 2.52. The quantitative estimate of drug-likeness (QED) is 0.280. The van der Waals surface area contributed by atoms with E-state index >= 15 is 0 Å². The predicted molar refractivity (Wildman–Crippen MR) is 58.3 cm³/mol. The molecule has 5 nitrogen and oxygen atoms in total. The monoisotopic (exact) mass is 199 g/mol. The molecule has 0 atom stereocenters. The van der Waals surface area contributed by atoms with E-state index in [9.17, 15) is 0 Å². The van der Waals surface area contributed by atoms with Crippen molar-refractivity contribution >= 4 is 22.5 Å². The van der Waals surface area contributed by atoms with Gasteiger partial charge >= 0.3 is 0 Å². The molecular formula is C10H9N5. The molecule has 4 N–H and O–H groups in total. The van der Waals surface area contributed by atoms with Crippen molar-refractivity contribution in [3.05, 3.63) is 30.5 Å². The van der Waals surface area contributed by atoms with Crippen LogP contribution in [0.25, 0.3) is 10.9 Å². The lowest BCUT2D eigenvalue weighted by Crippen LogP contribution is -2.32. The van der Waals surface area contributed by atoms with Gasteiger partial charge < -0.3 is 10.7 Å². The molecule has 0 aliphatic carbocycles. The largest absolute Gasteiger partial charge is 0.369 e. The van der Waals surface area contributed by atoms with Crippen molar-refractivity contribution in [3.63, 3.8) is 0 Å². The van der Waals surface area contributed by atoms with Gasteiger partial charge in [0.2, 0.25) is 5.96 Å². The van der Waals surface area contributed by atoms with Gasteiger partial charge in [0.05, 0.1) is 5.69 Å². The van der Waals surface area contributed by atoms with E-state index in [1.807, 2.05) is 24.5 Å².